The maximum Gasteiger partial charge on any atom is 0.176 e. The fraction of sp³-hybridized carbons (Fsp3) is 0.350. The number of allylic oxidation sites excluding steroid dienone is 1. The summed E-state index contributed by atoms with van der Waals surface area (Å²) in [5.41, 5.74) is 2.11. The van der Waals surface area contributed by atoms with Crippen LogP contribution < -0.4 is 10.6 Å². The Hall–Kier alpha value is -1.37. The highest BCUT2D eigenvalue weighted by Gasteiger charge is 2.26. The molecular weight excluding hydrogens is 399 g/mol. The topological polar surface area (TPSA) is 39.7 Å². The van der Waals surface area contributed by atoms with Gasteiger partial charge < -0.3 is 10.2 Å². The molecule has 0 fully saturated rings. The van der Waals surface area contributed by atoms with Crippen LogP contribution in [0.3, 0.4) is 0 Å². The van der Waals surface area contributed by atoms with Gasteiger partial charge in [-0.3, -0.25) is 5.32 Å². The zero-order valence-electron chi connectivity index (χ0n) is 15.5. The molecule has 2 aromatic rings. The Bertz CT molecular complexity index is 804. The van der Waals surface area contributed by atoms with E-state index >= 15 is 0 Å². The lowest BCUT2D eigenvalue weighted by Crippen LogP contribution is -2.49. The molecule has 27 heavy (non-hydrogen) atoms. The fourth-order valence-electron chi connectivity index (χ4n) is 3.19. The van der Waals surface area contributed by atoms with E-state index in [2.05, 4.69) is 45.3 Å². The molecule has 0 saturated heterocycles. The highest BCUT2D eigenvalue weighted by Crippen LogP contribution is 2.26. The number of aliphatic imine (C=N–C) groups is 1. The fourth-order valence-corrected chi connectivity index (χ4v) is 4.38. The first kappa shape index (κ1) is 20.4. The smallest absolute Gasteiger partial charge is 0.176 e. The number of thiophene rings is 1. The van der Waals surface area contributed by atoms with Gasteiger partial charge in [0.2, 0.25) is 0 Å². The molecule has 4 nitrogen and oxygen atoms in total. The number of rotatable bonds is 8. The Kier molecular flexibility index (Phi) is 7.33. The minimum absolute atomic E-state index is 0.111. The second-order valence-electron chi connectivity index (χ2n) is 6.40. The monoisotopic (exact) mass is 422 g/mol. The van der Waals surface area contributed by atoms with Crippen molar-refractivity contribution in [3.63, 3.8) is 0 Å². The molecule has 2 N–H and O–H groups in total. The van der Waals surface area contributed by atoms with Crippen LogP contribution in [0.25, 0.3) is 0 Å². The van der Waals surface area contributed by atoms with Gasteiger partial charge in [0.25, 0.3) is 0 Å². The first-order chi connectivity index (χ1) is 13.1. The average molecular weight is 423 g/mol. The van der Waals surface area contributed by atoms with E-state index in [9.17, 15) is 0 Å². The lowest BCUT2D eigenvalue weighted by molar-refractivity contribution is 0.173. The normalized spacial score (nSPS) is 17.9. The summed E-state index contributed by atoms with van der Waals surface area (Å²) in [6, 6.07) is 10.1. The quantitative estimate of drug-likeness (QED) is 0.661. The highest BCUT2D eigenvalue weighted by molar-refractivity contribution is 7.12. The molecule has 2 heterocycles. The van der Waals surface area contributed by atoms with Crippen molar-refractivity contribution in [2.24, 2.45) is 4.99 Å². The summed E-state index contributed by atoms with van der Waals surface area (Å²) in [7, 11) is 3.91. The van der Waals surface area contributed by atoms with Crippen LogP contribution in [0, 0.1) is 0 Å². The lowest BCUT2D eigenvalue weighted by atomic mass is 10.0. The van der Waals surface area contributed by atoms with Crippen LogP contribution in [0.5, 0.6) is 0 Å². The molecule has 1 aromatic heterocycles. The zero-order valence-corrected chi connectivity index (χ0v) is 17.8. The molecule has 1 aromatic carbocycles. The molecule has 0 aliphatic carbocycles. The van der Waals surface area contributed by atoms with Gasteiger partial charge in [0, 0.05) is 22.3 Å². The molecule has 0 spiro atoms. The van der Waals surface area contributed by atoms with Crippen LogP contribution in [0.1, 0.15) is 16.9 Å². The molecule has 0 amide bonds. The van der Waals surface area contributed by atoms with Gasteiger partial charge in [-0.2, -0.15) is 0 Å². The third kappa shape index (κ3) is 5.12. The lowest BCUT2D eigenvalue weighted by Gasteiger charge is -2.37. The van der Waals surface area contributed by atoms with Crippen molar-refractivity contribution >= 4 is 40.3 Å². The summed E-state index contributed by atoms with van der Waals surface area (Å²) < 4.78 is 0. The number of halogens is 2. The SMILES string of the molecule is CNCC[C@@H](Cc1ccc(Cl)cc1Cl)N1C=CC(c2cccs2)=NC1NC. The molecule has 1 aliphatic heterocycles. The maximum atomic E-state index is 6.43. The van der Waals surface area contributed by atoms with E-state index in [1.807, 2.05) is 32.3 Å². The number of nitrogens with one attached hydrogen (secondary N) is 2. The molecule has 2 atom stereocenters. The Morgan fingerprint density at radius 1 is 1.26 bits per heavy atom. The van der Waals surface area contributed by atoms with E-state index in [1.54, 1.807) is 11.3 Å². The van der Waals surface area contributed by atoms with Crippen molar-refractivity contribution in [1.29, 1.82) is 0 Å². The van der Waals surface area contributed by atoms with Crippen molar-refractivity contribution in [1.82, 2.24) is 15.5 Å². The van der Waals surface area contributed by atoms with E-state index in [4.69, 9.17) is 28.2 Å². The van der Waals surface area contributed by atoms with Crippen molar-refractivity contribution in [2.45, 2.75) is 25.2 Å². The average Bonchev–Trinajstić information content (AvgIpc) is 3.21. The van der Waals surface area contributed by atoms with Crippen LogP contribution in [-0.2, 0) is 6.42 Å². The molecule has 0 saturated carbocycles. The van der Waals surface area contributed by atoms with Gasteiger partial charge in [-0.1, -0.05) is 35.3 Å². The maximum absolute atomic E-state index is 6.43. The van der Waals surface area contributed by atoms with E-state index in [-0.39, 0.29) is 12.3 Å². The van der Waals surface area contributed by atoms with Crippen LogP contribution in [0.2, 0.25) is 10.0 Å². The number of hydrogen-bond donors (Lipinski definition) is 2. The minimum Gasteiger partial charge on any atom is -0.341 e. The predicted molar refractivity (Wildman–Crippen MR) is 117 cm³/mol. The molecule has 3 rings (SSSR count). The summed E-state index contributed by atoms with van der Waals surface area (Å²) in [5, 5.41) is 10.0. The second kappa shape index (κ2) is 9.71. The summed E-state index contributed by atoms with van der Waals surface area (Å²) >= 11 is 14.2. The second-order valence-corrected chi connectivity index (χ2v) is 8.19. The molecule has 1 unspecified atom stereocenters. The predicted octanol–water partition coefficient (Wildman–Crippen LogP) is 4.40. The van der Waals surface area contributed by atoms with Gasteiger partial charge in [-0.25, -0.2) is 4.99 Å². The first-order valence-corrected chi connectivity index (χ1v) is 10.6. The first-order valence-electron chi connectivity index (χ1n) is 8.95. The Morgan fingerprint density at radius 2 is 2.11 bits per heavy atom. The minimum atomic E-state index is -0.111. The highest BCUT2D eigenvalue weighted by atomic mass is 35.5. The largest absolute Gasteiger partial charge is 0.341 e. The molecule has 7 heteroatoms. The van der Waals surface area contributed by atoms with E-state index in [0.29, 0.717) is 10.0 Å². The van der Waals surface area contributed by atoms with Gasteiger partial charge in [0.05, 0.1) is 10.6 Å². The van der Waals surface area contributed by atoms with Crippen molar-refractivity contribution in [3.05, 3.63) is 68.5 Å². The van der Waals surface area contributed by atoms with Gasteiger partial charge in [-0.15, -0.1) is 11.3 Å². The van der Waals surface area contributed by atoms with Gasteiger partial charge in [0.15, 0.2) is 6.29 Å². The van der Waals surface area contributed by atoms with Gasteiger partial charge in [-0.05, 0) is 68.7 Å². The number of nitrogens with zero attached hydrogens (tertiary/aromatic N) is 2. The van der Waals surface area contributed by atoms with Crippen LogP contribution in [0.15, 0.2) is 53.0 Å². The molecule has 1 aliphatic rings. The Morgan fingerprint density at radius 3 is 2.78 bits per heavy atom. The molecular formula is C20H24Cl2N4S. The number of benzene rings is 1. The standard InChI is InChI=1S/C20H24Cl2N4S/c1-23-9-7-16(12-14-5-6-15(21)13-17(14)22)26-10-8-18(25-20(26)24-2)19-4-3-11-27-19/h3-6,8,10-11,13,16,20,23-24H,7,9,12H2,1-2H3/t16-,20?/m0/s1. The summed E-state index contributed by atoms with van der Waals surface area (Å²) in [5.74, 6) is 0. The van der Waals surface area contributed by atoms with Crippen LogP contribution in [-0.4, -0.2) is 43.6 Å². The van der Waals surface area contributed by atoms with Gasteiger partial charge >= 0.3 is 0 Å². The van der Waals surface area contributed by atoms with Crippen LogP contribution >= 0.6 is 34.5 Å². The van der Waals surface area contributed by atoms with E-state index < -0.39 is 0 Å². The molecule has 144 valence electrons. The van der Waals surface area contributed by atoms with E-state index in [0.717, 1.165) is 30.7 Å². The number of hydrogen-bond acceptors (Lipinski definition) is 5. The van der Waals surface area contributed by atoms with Crippen molar-refractivity contribution < 1.29 is 0 Å². The van der Waals surface area contributed by atoms with Crippen molar-refractivity contribution in [3.8, 4) is 0 Å². The van der Waals surface area contributed by atoms with Gasteiger partial charge in [0.1, 0.15) is 0 Å². The zero-order chi connectivity index (χ0) is 19.2. The third-order valence-electron chi connectivity index (χ3n) is 4.60. The summed E-state index contributed by atoms with van der Waals surface area (Å²) in [4.78, 5) is 8.37. The van der Waals surface area contributed by atoms with Crippen LogP contribution in [0.4, 0.5) is 0 Å². The summed E-state index contributed by atoms with van der Waals surface area (Å²) in [6.07, 6.45) is 5.93. The van der Waals surface area contributed by atoms with Crippen molar-refractivity contribution in [2.75, 3.05) is 20.6 Å². The Balaban J connectivity index is 1.82. The molecule has 0 radical (unpaired) electrons. The van der Waals surface area contributed by atoms with E-state index in [1.165, 1.54) is 4.88 Å². The Labute approximate surface area is 174 Å². The summed E-state index contributed by atoms with van der Waals surface area (Å²) in [6.45, 7) is 0.915. The third-order valence-corrected chi connectivity index (χ3v) is 6.08. The molecule has 0 bridgehead atoms.